The summed E-state index contributed by atoms with van der Waals surface area (Å²) in [5, 5.41) is 5.28. The highest BCUT2D eigenvalue weighted by Gasteiger charge is 2.18. The normalized spacial score (nSPS) is 10.5. The first-order valence-electron chi connectivity index (χ1n) is 9.32. The number of anilines is 1. The van der Waals surface area contributed by atoms with Gasteiger partial charge in [0.1, 0.15) is 5.01 Å². The average molecular weight is 406 g/mol. The molecule has 152 valence electrons. The summed E-state index contributed by atoms with van der Waals surface area (Å²) in [6.07, 6.45) is 1.60. The van der Waals surface area contributed by atoms with E-state index in [0.29, 0.717) is 37.7 Å². The van der Waals surface area contributed by atoms with E-state index in [4.69, 9.17) is 9.47 Å². The molecule has 0 aliphatic carbocycles. The van der Waals surface area contributed by atoms with Gasteiger partial charge in [0.2, 0.25) is 0 Å². The average Bonchev–Trinajstić information content (AvgIpc) is 3.16. The molecule has 0 saturated carbocycles. The van der Waals surface area contributed by atoms with Crippen LogP contribution >= 0.6 is 11.3 Å². The molecule has 0 saturated heterocycles. The van der Waals surface area contributed by atoms with Crippen molar-refractivity contribution in [3.8, 4) is 0 Å². The number of amides is 2. The molecule has 2 aromatic rings. The summed E-state index contributed by atoms with van der Waals surface area (Å²) in [6, 6.07) is 7.58. The zero-order valence-electron chi connectivity index (χ0n) is 16.6. The molecule has 0 fully saturated rings. The van der Waals surface area contributed by atoms with Crippen LogP contribution in [0.1, 0.15) is 41.3 Å². The molecule has 28 heavy (non-hydrogen) atoms. The maximum absolute atomic E-state index is 12.8. The maximum atomic E-state index is 12.8. The molecule has 0 unspecified atom stereocenters. The Balaban J connectivity index is 2.07. The Kier molecular flexibility index (Phi) is 8.90. The number of urea groups is 1. The summed E-state index contributed by atoms with van der Waals surface area (Å²) in [5.41, 5.74) is 2.19. The quantitative estimate of drug-likeness (QED) is 0.478. The van der Waals surface area contributed by atoms with Crippen molar-refractivity contribution in [2.75, 3.05) is 32.2 Å². The molecule has 2 amide bonds. The molecule has 0 aliphatic heterocycles. The van der Waals surface area contributed by atoms with E-state index < -0.39 is 5.97 Å². The van der Waals surface area contributed by atoms with Crippen molar-refractivity contribution in [2.24, 2.45) is 0 Å². The van der Waals surface area contributed by atoms with Gasteiger partial charge >= 0.3 is 12.0 Å². The van der Waals surface area contributed by atoms with Crippen molar-refractivity contribution in [3.63, 3.8) is 0 Å². The van der Waals surface area contributed by atoms with Crippen LogP contribution in [0.4, 0.5) is 10.5 Å². The van der Waals surface area contributed by atoms with E-state index in [1.54, 1.807) is 24.3 Å². The van der Waals surface area contributed by atoms with Gasteiger partial charge in [-0.25, -0.2) is 14.6 Å². The van der Waals surface area contributed by atoms with Crippen molar-refractivity contribution < 1.29 is 19.1 Å². The molecule has 0 spiro atoms. The number of rotatable bonds is 10. The number of benzene rings is 1. The second-order valence-corrected chi connectivity index (χ2v) is 7.04. The van der Waals surface area contributed by atoms with Crippen molar-refractivity contribution in [1.29, 1.82) is 0 Å². The first kappa shape index (κ1) is 21.8. The number of thiazole rings is 1. The lowest BCUT2D eigenvalue weighted by molar-refractivity contribution is 0.0520. The first-order valence-corrected chi connectivity index (χ1v) is 10.2. The number of nitrogens with zero attached hydrogens (tertiary/aromatic N) is 2. The largest absolute Gasteiger partial charge is 0.461 e. The molecule has 1 heterocycles. The molecular formula is C20H27N3O4S. The lowest BCUT2D eigenvalue weighted by Gasteiger charge is -2.22. The highest BCUT2D eigenvalue weighted by atomic mass is 32.1. The fraction of sp³-hybridized carbons (Fsp3) is 0.450. The second kappa shape index (κ2) is 11.4. The Bertz CT molecular complexity index is 778. The summed E-state index contributed by atoms with van der Waals surface area (Å²) >= 11 is 1.34. The number of methoxy groups -OCH3 is 1. The Morgan fingerprint density at radius 1 is 1.29 bits per heavy atom. The van der Waals surface area contributed by atoms with E-state index in [1.807, 2.05) is 24.3 Å². The fourth-order valence-electron chi connectivity index (χ4n) is 2.57. The summed E-state index contributed by atoms with van der Waals surface area (Å²) in [7, 11) is 1.63. The lowest BCUT2D eigenvalue weighted by Crippen LogP contribution is -2.35. The maximum Gasteiger partial charge on any atom is 0.357 e. The topological polar surface area (TPSA) is 80.8 Å². The van der Waals surface area contributed by atoms with Crippen LogP contribution in [-0.2, 0) is 22.4 Å². The van der Waals surface area contributed by atoms with E-state index >= 15 is 0 Å². The van der Waals surface area contributed by atoms with E-state index in [2.05, 4.69) is 17.2 Å². The Labute approximate surface area is 169 Å². The summed E-state index contributed by atoms with van der Waals surface area (Å²) in [5.74, 6) is -0.447. The van der Waals surface area contributed by atoms with Crippen LogP contribution in [0.15, 0.2) is 29.6 Å². The SMILES string of the molecule is CCOC(=O)c1csc(CN(CCCOC)C(=O)Nc2cccc(CC)c2)n1. The predicted octanol–water partition coefficient (Wildman–Crippen LogP) is 3.95. The molecule has 0 bridgehead atoms. The standard InChI is InChI=1S/C20H27N3O4S/c1-4-15-8-6-9-16(12-15)21-20(25)23(10-7-11-26-3)13-18-22-17(14-28-18)19(24)27-5-2/h6,8-9,12,14H,4-5,7,10-11,13H2,1-3H3,(H,21,25). The third kappa shape index (κ3) is 6.61. The van der Waals surface area contributed by atoms with Gasteiger partial charge in [-0.05, 0) is 37.5 Å². The zero-order chi connectivity index (χ0) is 20.4. The summed E-state index contributed by atoms with van der Waals surface area (Å²) < 4.78 is 10.1. The molecule has 2 rings (SSSR count). The van der Waals surface area contributed by atoms with Gasteiger partial charge in [-0.3, -0.25) is 0 Å². The van der Waals surface area contributed by atoms with Gasteiger partial charge in [0.25, 0.3) is 0 Å². The molecular weight excluding hydrogens is 378 g/mol. The van der Waals surface area contributed by atoms with Crippen LogP contribution in [0.5, 0.6) is 0 Å². The molecule has 0 aliphatic rings. The van der Waals surface area contributed by atoms with Gasteiger partial charge in [0.05, 0.1) is 13.2 Å². The van der Waals surface area contributed by atoms with Crippen LogP contribution < -0.4 is 5.32 Å². The van der Waals surface area contributed by atoms with Crippen molar-refractivity contribution in [2.45, 2.75) is 33.2 Å². The van der Waals surface area contributed by atoms with Crippen molar-refractivity contribution in [1.82, 2.24) is 9.88 Å². The minimum Gasteiger partial charge on any atom is -0.461 e. The molecule has 0 radical (unpaired) electrons. The van der Waals surface area contributed by atoms with Crippen molar-refractivity contribution in [3.05, 3.63) is 45.9 Å². The van der Waals surface area contributed by atoms with Crippen LogP contribution in [0.3, 0.4) is 0 Å². The highest BCUT2D eigenvalue weighted by molar-refractivity contribution is 7.09. The molecule has 7 nitrogen and oxygen atoms in total. The molecule has 1 N–H and O–H groups in total. The lowest BCUT2D eigenvalue weighted by atomic mass is 10.1. The number of aryl methyl sites for hydroxylation is 1. The Hall–Kier alpha value is -2.45. The van der Waals surface area contributed by atoms with E-state index in [9.17, 15) is 9.59 Å². The molecule has 1 aromatic carbocycles. The predicted molar refractivity (Wildman–Crippen MR) is 110 cm³/mol. The van der Waals surface area contributed by atoms with Crippen molar-refractivity contribution >= 4 is 29.0 Å². The molecule has 1 aromatic heterocycles. The third-order valence-corrected chi connectivity index (χ3v) is 4.85. The number of carbonyl (C=O) groups excluding carboxylic acids is 2. The second-order valence-electron chi connectivity index (χ2n) is 6.10. The van der Waals surface area contributed by atoms with Gasteiger partial charge in [-0.15, -0.1) is 11.3 Å². The molecule has 8 heteroatoms. The van der Waals surface area contributed by atoms with Crippen LogP contribution in [0, 0.1) is 0 Å². The highest BCUT2D eigenvalue weighted by Crippen LogP contribution is 2.16. The third-order valence-electron chi connectivity index (χ3n) is 4.01. The number of esters is 1. The van der Waals surface area contributed by atoms with Gasteiger partial charge in [-0.1, -0.05) is 19.1 Å². The monoisotopic (exact) mass is 405 g/mol. The van der Waals surface area contributed by atoms with Gasteiger partial charge < -0.3 is 19.7 Å². The summed E-state index contributed by atoms with van der Waals surface area (Å²) in [6.45, 7) is 5.51. The number of nitrogens with one attached hydrogen (secondary N) is 1. The minimum atomic E-state index is -0.447. The van der Waals surface area contributed by atoms with Crippen LogP contribution in [0.2, 0.25) is 0 Å². The van der Waals surface area contributed by atoms with Gasteiger partial charge in [0, 0.05) is 31.3 Å². The zero-order valence-corrected chi connectivity index (χ0v) is 17.4. The van der Waals surface area contributed by atoms with Crippen LogP contribution in [0.25, 0.3) is 0 Å². The smallest absolute Gasteiger partial charge is 0.357 e. The summed E-state index contributed by atoms with van der Waals surface area (Å²) in [4.78, 5) is 30.6. The number of carbonyl (C=O) groups is 2. The van der Waals surface area contributed by atoms with E-state index in [1.165, 1.54) is 11.3 Å². The number of ether oxygens (including phenoxy) is 2. The fourth-order valence-corrected chi connectivity index (χ4v) is 3.35. The Morgan fingerprint density at radius 2 is 2.11 bits per heavy atom. The van der Waals surface area contributed by atoms with E-state index in [-0.39, 0.29) is 11.7 Å². The number of aromatic nitrogens is 1. The first-order chi connectivity index (χ1) is 13.6. The molecule has 0 atom stereocenters. The van der Waals surface area contributed by atoms with Gasteiger partial charge in [0.15, 0.2) is 5.69 Å². The minimum absolute atomic E-state index is 0.211. The van der Waals surface area contributed by atoms with E-state index in [0.717, 1.165) is 17.7 Å². The number of hydrogen-bond donors (Lipinski definition) is 1. The number of hydrogen-bond acceptors (Lipinski definition) is 6. The Morgan fingerprint density at radius 3 is 2.82 bits per heavy atom. The van der Waals surface area contributed by atoms with Crippen LogP contribution in [-0.4, -0.2) is 48.8 Å². The van der Waals surface area contributed by atoms with Gasteiger partial charge in [-0.2, -0.15) is 0 Å².